The van der Waals surface area contributed by atoms with Crippen LogP contribution in [0.4, 0.5) is 0 Å². The van der Waals surface area contributed by atoms with Crippen molar-refractivity contribution in [3.63, 3.8) is 0 Å². The number of carbonyl (C=O) groups is 1. The van der Waals surface area contributed by atoms with E-state index in [1.807, 2.05) is 0 Å². The van der Waals surface area contributed by atoms with Crippen molar-refractivity contribution in [3.05, 3.63) is 12.2 Å². The van der Waals surface area contributed by atoms with E-state index in [4.69, 9.17) is 9.47 Å². The van der Waals surface area contributed by atoms with Crippen molar-refractivity contribution in [2.75, 3.05) is 7.11 Å². The van der Waals surface area contributed by atoms with Gasteiger partial charge in [-0.2, -0.15) is 0 Å². The molecule has 0 unspecified atom stereocenters. The Hall–Kier alpha value is -0.830. The van der Waals surface area contributed by atoms with Gasteiger partial charge in [-0.15, -0.1) is 0 Å². The minimum atomic E-state index is -0.784. The molecule has 1 aliphatic heterocycles. The Bertz CT molecular complexity index is 351. The molecule has 24 heavy (non-hydrogen) atoms. The molecular weight excluding hydrogens is 300 g/mol. The lowest BCUT2D eigenvalue weighted by atomic mass is 10.0. The molecule has 140 valence electrons. The quantitative estimate of drug-likeness (QED) is 0.244. The Balaban J connectivity index is 1.82. The predicted octanol–water partition coefficient (Wildman–Crippen LogP) is 6.31. The van der Waals surface area contributed by atoms with Crippen molar-refractivity contribution in [2.45, 2.75) is 109 Å². The monoisotopic (exact) mass is 338 g/mol. The fraction of sp³-hybridized carbons (Fsp3) is 0.857. The number of hydrogen-bond donors (Lipinski definition) is 0. The number of ether oxygens (including phenoxy) is 2. The molecular formula is C21H38O3. The van der Waals surface area contributed by atoms with Gasteiger partial charge in [0.05, 0.1) is 0 Å². The summed E-state index contributed by atoms with van der Waals surface area (Å²) in [7, 11) is 1.60. The van der Waals surface area contributed by atoms with Crippen LogP contribution in [-0.4, -0.2) is 18.9 Å². The summed E-state index contributed by atoms with van der Waals surface area (Å²) in [6, 6.07) is 0. The van der Waals surface area contributed by atoms with Crippen LogP contribution in [0.15, 0.2) is 12.2 Å². The van der Waals surface area contributed by atoms with E-state index < -0.39 is 5.79 Å². The lowest BCUT2D eigenvalue weighted by Crippen LogP contribution is -2.30. The molecule has 0 fully saturated rings. The molecule has 3 heteroatoms. The molecule has 0 N–H and O–H groups in total. The van der Waals surface area contributed by atoms with Crippen molar-refractivity contribution in [1.82, 2.24) is 0 Å². The summed E-state index contributed by atoms with van der Waals surface area (Å²) in [6.07, 6.45) is 22.8. The molecule has 1 atom stereocenters. The van der Waals surface area contributed by atoms with E-state index in [1.165, 1.54) is 89.5 Å². The third-order valence-electron chi connectivity index (χ3n) is 4.97. The minimum absolute atomic E-state index is 0.290. The fourth-order valence-corrected chi connectivity index (χ4v) is 3.35. The predicted molar refractivity (Wildman–Crippen MR) is 99.9 cm³/mol. The number of carbonyl (C=O) groups excluding carboxylic acids is 1. The SMILES string of the molecule is CCCCCCCCCCCCCCCC[C@]1(OC)C=CC(=O)O1. The number of rotatable bonds is 16. The van der Waals surface area contributed by atoms with E-state index in [0.29, 0.717) is 0 Å². The lowest BCUT2D eigenvalue weighted by molar-refractivity contribution is -0.190. The third-order valence-corrected chi connectivity index (χ3v) is 4.97. The summed E-state index contributed by atoms with van der Waals surface area (Å²) in [4.78, 5) is 11.2. The van der Waals surface area contributed by atoms with E-state index >= 15 is 0 Å². The normalized spacial score (nSPS) is 19.8. The van der Waals surface area contributed by atoms with Crippen LogP contribution in [0.3, 0.4) is 0 Å². The summed E-state index contributed by atoms with van der Waals surface area (Å²) >= 11 is 0. The molecule has 1 aliphatic rings. The van der Waals surface area contributed by atoms with Gasteiger partial charge in [-0.3, -0.25) is 0 Å². The molecule has 0 aromatic carbocycles. The highest BCUT2D eigenvalue weighted by molar-refractivity contribution is 5.84. The molecule has 1 rings (SSSR count). The largest absolute Gasteiger partial charge is 0.426 e. The average molecular weight is 339 g/mol. The maximum atomic E-state index is 11.2. The van der Waals surface area contributed by atoms with E-state index in [1.54, 1.807) is 13.2 Å². The summed E-state index contributed by atoms with van der Waals surface area (Å²) in [6.45, 7) is 2.27. The first-order valence-corrected chi connectivity index (χ1v) is 10.2. The second kappa shape index (κ2) is 13.5. The van der Waals surface area contributed by atoms with Crippen molar-refractivity contribution >= 4 is 5.97 Å². The van der Waals surface area contributed by atoms with Gasteiger partial charge in [0, 0.05) is 19.6 Å². The van der Waals surface area contributed by atoms with E-state index in [-0.39, 0.29) is 5.97 Å². The van der Waals surface area contributed by atoms with Crippen LogP contribution < -0.4 is 0 Å². The van der Waals surface area contributed by atoms with Gasteiger partial charge in [0.25, 0.3) is 0 Å². The van der Waals surface area contributed by atoms with Crippen molar-refractivity contribution in [1.29, 1.82) is 0 Å². The van der Waals surface area contributed by atoms with Crippen molar-refractivity contribution in [2.24, 2.45) is 0 Å². The van der Waals surface area contributed by atoms with Gasteiger partial charge in [0.1, 0.15) is 0 Å². The van der Waals surface area contributed by atoms with Gasteiger partial charge in [-0.05, 0) is 12.5 Å². The number of esters is 1. The molecule has 0 saturated heterocycles. The highest BCUT2D eigenvalue weighted by Gasteiger charge is 2.34. The minimum Gasteiger partial charge on any atom is -0.426 e. The van der Waals surface area contributed by atoms with Crippen LogP contribution in [0.2, 0.25) is 0 Å². The van der Waals surface area contributed by atoms with Gasteiger partial charge in [0.15, 0.2) is 0 Å². The van der Waals surface area contributed by atoms with Gasteiger partial charge in [-0.1, -0.05) is 90.4 Å². The maximum absolute atomic E-state index is 11.2. The topological polar surface area (TPSA) is 35.5 Å². The Morgan fingerprint density at radius 2 is 1.29 bits per heavy atom. The Labute approximate surface area is 149 Å². The molecule has 3 nitrogen and oxygen atoms in total. The zero-order chi connectivity index (χ0) is 17.5. The van der Waals surface area contributed by atoms with Crippen LogP contribution in [0, 0.1) is 0 Å². The number of cyclic esters (lactones) is 1. The van der Waals surface area contributed by atoms with Crippen LogP contribution in [0.5, 0.6) is 0 Å². The molecule has 0 amide bonds. The molecule has 0 aromatic heterocycles. The number of methoxy groups -OCH3 is 1. The maximum Gasteiger partial charge on any atom is 0.333 e. The molecule has 0 radical (unpaired) electrons. The zero-order valence-electron chi connectivity index (χ0n) is 16.0. The van der Waals surface area contributed by atoms with Crippen molar-refractivity contribution < 1.29 is 14.3 Å². The third kappa shape index (κ3) is 9.46. The van der Waals surface area contributed by atoms with Gasteiger partial charge in [-0.25, -0.2) is 4.79 Å². The Kier molecular flexibility index (Phi) is 11.9. The van der Waals surface area contributed by atoms with E-state index in [9.17, 15) is 4.79 Å². The van der Waals surface area contributed by atoms with Crippen LogP contribution in [0.25, 0.3) is 0 Å². The highest BCUT2D eigenvalue weighted by atomic mass is 16.7. The molecule has 0 aromatic rings. The summed E-state index contributed by atoms with van der Waals surface area (Å²) in [5.41, 5.74) is 0. The summed E-state index contributed by atoms with van der Waals surface area (Å²) in [5.74, 6) is -1.07. The first-order chi connectivity index (χ1) is 11.7. The second-order valence-electron chi connectivity index (χ2n) is 7.12. The molecule has 0 aliphatic carbocycles. The second-order valence-corrected chi connectivity index (χ2v) is 7.12. The Morgan fingerprint density at radius 3 is 1.67 bits per heavy atom. The Morgan fingerprint density at radius 1 is 0.833 bits per heavy atom. The number of hydrogen-bond acceptors (Lipinski definition) is 3. The van der Waals surface area contributed by atoms with Gasteiger partial charge in [0.2, 0.25) is 5.79 Å². The summed E-state index contributed by atoms with van der Waals surface area (Å²) < 4.78 is 10.6. The zero-order valence-corrected chi connectivity index (χ0v) is 16.0. The smallest absolute Gasteiger partial charge is 0.333 e. The van der Waals surface area contributed by atoms with Gasteiger partial charge >= 0.3 is 5.97 Å². The molecule has 0 saturated carbocycles. The highest BCUT2D eigenvalue weighted by Crippen LogP contribution is 2.27. The van der Waals surface area contributed by atoms with Crippen LogP contribution in [-0.2, 0) is 14.3 Å². The average Bonchev–Trinajstić information content (AvgIpc) is 2.97. The molecule has 0 spiro atoms. The van der Waals surface area contributed by atoms with Crippen LogP contribution >= 0.6 is 0 Å². The van der Waals surface area contributed by atoms with Gasteiger partial charge < -0.3 is 9.47 Å². The first-order valence-electron chi connectivity index (χ1n) is 10.2. The standard InChI is InChI=1S/C21H38O3/c1-3-4-5-6-7-8-9-10-11-12-13-14-15-16-18-21(23-2)19-17-20(22)24-21/h17,19H,3-16,18H2,1-2H3/t21-/m1/s1. The van der Waals surface area contributed by atoms with E-state index in [0.717, 1.165) is 12.8 Å². The first kappa shape index (κ1) is 21.2. The fourth-order valence-electron chi connectivity index (χ4n) is 3.35. The van der Waals surface area contributed by atoms with Crippen LogP contribution in [0.1, 0.15) is 103 Å². The number of unbranched alkanes of at least 4 members (excludes halogenated alkanes) is 13. The molecule has 0 bridgehead atoms. The van der Waals surface area contributed by atoms with E-state index in [2.05, 4.69) is 6.92 Å². The lowest BCUT2D eigenvalue weighted by Gasteiger charge is -2.24. The molecule has 1 heterocycles. The van der Waals surface area contributed by atoms with Crippen molar-refractivity contribution in [3.8, 4) is 0 Å². The summed E-state index contributed by atoms with van der Waals surface area (Å²) in [5, 5.41) is 0.